The zero-order valence-electron chi connectivity index (χ0n) is 12.7. The maximum absolute atomic E-state index is 11.9. The molecule has 1 amide bonds. The second-order valence-electron chi connectivity index (χ2n) is 4.98. The van der Waals surface area contributed by atoms with Gasteiger partial charge >= 0.3 is 0 Å². The summed E-state index contributed by atoms with van der Waals surface area (Å²) in [6.45, 7) is 3.59. The molecule has 7 heteroatoms. The molecular weight excluding hydrogens is 290 g/mol. The largest absolute Gasteiger partial charge is 0.351 e. The lowest BCUT2D eigenvalue weighted by atomic mass is 10.2. The third-order valence-corrected chi connectivity index (χ3v) is 4.29. The van der Waals surface area contributed by atoms with Crippen LogP contribution in [0, 0.1) is 0 Å². The quantitative estimate of drug-likeness (QED) is 0.739. The van der Waals surface area contributed by atoms with Crippen LogP contribution in [0.15, 0.2) is 29.2 Å². The van der Waals surface area contributed by atoms with Gasteiger partial charge in [-0.05, 0) is 44.8 Å². The number of hydrogen-bond acceptors (Lipinski definition) is 4. The minimum Gasteiger partial charge on any atom is -0.351 e. The summed E-state index contributed by atoms with van der Waals surface area (Å²) in [6.07, 6.45) is 0.728. The SMILES string of the molecule is CCCNS(=O)(=O)c1ccc(C(=O)NCCN(C)C)cc1. The zero-order valence-corrected chi connectivity index (χ0v) is 13.5. The van der Waals surface area contributed by atoms with Crippen molar-refractivity contribution in [2.45, 2.75) is 18.2 Å². The van der Waals surface area contributed by atoms with Gasteiger partial charge in [0.1, 0.15) is 0 Å². The van der Waals surface area contributed by atoms with Crippen molar-refractivity contribution in [2.75, 3.05) is 33.7 Å². The summed E-state index contributed by atoms with van der Waals surface area (Å²) in [5.41, 5.74) is 0.447. The van der Waals surface area contributed by atoms with Gasteiger partial charge in [0, 0.05) is 25.2 Å². The molecule has 0 spiro atoms. The predicted octanol–water partition coefficient (Wildman–Crippen LogP) is 0.666. The van der Waals surface area contributed by atoms with Crippen molar-refractivity contribution in [2.24, 2.45) is 0 Å². The Morgan fingerprint density at radius 2 is 1.76 bits per heavy atom. The zero-order chi connectivity index (χ0) is 15.9. The molecule has 1 aromatic carbocycles. The van der Waals surface area contributed by atoms with Crippen molar-refractivity contribution >= 4 is 15.9 Å². The average molecular weight is 313 g/mol. The number of carbonyl (C=O) groups excluding carboxylic acids is 1. The Bertz CT molecular complexity index is 553. The summed E-state index contributed by atoms with van der Waals surface area (Å²) >= 11 is 0. The summed E-state index contributed by atoms with van der Waals surface area (Å²) in [5, 5.41) is 2.78. The first kappa shape index (κ1) is 17.6. The Labute approximate surface area is 126 Å². The fourth-order valence-electron chi connectivity index (χ4n) is 1.60. The van der Waals surface area contributed by atoms with E-state index in [0.29, 0.717) is 18.7 Å². The third kappa shape index (κ3) is 5.82. The molecule has 0 atom stereocenters. The van der Waals surface area contributed by atoms with Crippen LogP contribution < -0.4 is 10.0 Å². The van der Waals surface area contributed by atoms with Gasteiger partial charge in [0.05, 0.1) is 4.90 Å². The van der Waals surface area contributed by atoms with E-state index >= 15 is 0 Å². The molecular formula is C14H23N3O3S. The number of hydrogen-bond donors (Lipinski definition) is 2. The molecule has 0 heterocycles. The molecule has 6 nitrogen and oxygen atoms in total. The van der Waals surface area contributed by atoms with Crippen molar-refractivity contribution in [3.05, 3.63) is 29.8 Å². The molecule has 0 unspecified atom stereocenters. The number of nitrogens with zero attached hydrogens (tertiary/aromatic N) is 1. The number of nitrogens with one attached hydrogen (secondary N) is 2. The van der Waals surface area contributed by atoms with Crippen molar-refractivity contribution in [1.82, 2.24) is 14.9 Å². The lowest BCUT2D eigenvalue weighted by molar-refractivity contribution is 0.0951. The number of amides is 1. The summed E-state index contributed by atoms with van der Waals surface area (Å²) in [6, 6.07) is 5.93. The van der Waals surface area contributed by atoms with Crippen molar-refractivity contribution in [3.8, 4) is 0 Å². The fourth-order valence-corrected chi connectivity index (χ4v) is 2.73. The first-order valence-corrected chi connectivity index (χ1v) is 8.38. The van der Waals surface area contributed by atoms with Gasteiger partial charge in [-0.15, -0.1) is 0 Å². The maximum atomic E-state index is 11.9. The molecule has 0 saturated carbocycles. The molecule has 0 aliphatic carbocycles. The molecule has 0 saturated heterocycles. The highest BCUT2D eigenvalue weighted by molar-refractivity contribution is 7.89. The van der Waals surface area contributed by atoms with Gasteiger partial charge in [-0.25, -0.2) is 13.1 Å². The Balaban J connectivity index is 2.67. The van der Waals surface area contributed by atoms with Crippen LogP contribution in [-0.2, 0) is 10.0 Å². The summed E-state index contributed by atoms with van der Waals surface area (Å²) in [7, 11) is 0.370. The number of carbonyl (C=O) groups is 1. The molecule has 0 bridgehead atoms. The minimum atomic E-state index is -3.48. The van der Waals surface area contributed by atoms with Crippen LogP contribution in [-0.4, -0.2) is 53.0 Å². The topological polar surface area (TPSA) is 78.5 Å². The molecule has 0 aromatic heterocycles. The highest BCUT2D eigenvalue weighted by atomic mass is 32.2. The molecule has 0 aliphatic rings. The van der Waals surface area contributed by atoms with Gasteiger partial charge in [0.2, 0.25) is 10.0 Å². The van der Waals surface area contributed by atoms with E-state index in [1.165, 1.54) is 24.3 Å². The third-order valence-electron chi connectivity index (χ3n) is 2.81. The Morgan fingerprint density at radius 1 is 1.14 bits per heavy atom. The molecule has 0 radical (unpaired) electrons. The molecule has 0 fully saturated rings. The number of sulfonamides is 1. The van der Waals surface area contributed by atoms with Crippen LogP contribution in [0.5, 0.6) is 0 Å². The van der Waals surface area contributed by atoms with E-state index in [-0.39, 0.29) is 10.8 Å². The highest BCUT2D eigenvalue weighted by Crippen LogP contribution is 2.10. The van der Waals surface area contributed by atoms with E-state index in [2.05, 4.69) is 10.0 Å². The second kappa shape index (κ2) is 8.11. The van der Waals surface area contributed by atoms with E-state index < -0.39 is 10.0 Å². The van der Waals surface area contributed by atoms with E-state index in [0.717, 1.165) is 13.0 Å². The van der Waals surface area contributed by atoms with Gasteiger partial charge in [-0.2, -0.15) is 0 Å². The number of rotatable bonds is 8. The first-order chi connectivity index (χ1) is 9.86. The Kier molecular flexibility index (Phi) is 6.80. The molecule has 0 aliphatic heterocycles. The molecule has 118 valence electrons. The highest BCUT2D eigenvalue weighted by Gasteiger charge is 2.13. The van der Waals surface area contributed by atoms with Gasteiger partial charge in [-0.1, -0.05) is 6.92 Å². The smallest absolute Gasteiger partial charge is 0.251 e. The monoisotopic (exact) mass is 313 g/mol. The van der Waals surface area contributed by atoms with E-state index in [1.54, 1.807) is 0 Å². The summed E-state index contributed by atoms with van der Waals surface area (Å²) in [5.74, 6) is -0.206. The molecule has 21 heavy (non-hydrogen) atoms. The lowest BCUT2D eigenvalue weighted by Crippen LogP contribution is -2.31. The Morgan fingerprint density at radius 3 is 2.29 bits per heavy atom. The van der Waals surface area contributed by atoms with Crippen LogP contribution in [0.2, 0.25) is 0 Å². The van der Waals surface area contributed by atoms with Gasteiger partial charge in [-0.3, -0.25) is 4.79 Å². The van der Waals surface area contributed by atoms with E-state index in [1.807, 2.05) is 25.9 Å². The van der Waals surface area contributed by atoms with Crippen LogP contribution >= 0.6 is 0 Å². The average Bonchev–Trinajstić information content (AvgIpc) is 2.45. The van der Waals surface area contributed by atoms with Gasteiger partial charge in [0.15, 0.2) is 0 Å². The molecule has 1 aromatic rings. The second-order valence-corrected chi connectivity index (χ2v) is 6.75. The van der Waals surface area contributed by atoms with Gasteiger partial charge < -0.3 is 10.2 Å². The molecule has 2 N–H and O–H groups in total. The van der Waals surface area contributed by atoms with E-state index in [4.69, 9.17) is 0 Å². The van der Waals surface area contributed by atoms with Crippen LogP contribution in [0.1, 0.15) is 23.7 Å². The van der Waals surface area contributed by atoms with Gasteiger partial charge in [0.25, 0.3) is 5.91 Å². The molecule has 1 rings (SSSR count). The van der Waals surface area contributed by atoms with Crippen molar-refractivity contribution in [3.63, 3.8) is 0 Å². The first-order valence-electron chi connectivity index (χ1n) is 6.89. The fraction of sp³-hybridized carbons (Fsp3) is 0.500. The van der Waals surface area contributed by atoms with E-state index in [9.17, 15) is 13.2 Å². The van der Waals surface area contributed by atoms with Crippen LogP contribution in [0.25, 0.3) is 0 Å². The van der Waals surface area contributed by atoms with Crippen LogP contribution in [0.4, 0.5) is 0 Å². The standard InChI is InChI=1S/C14H23N3O3S/c1-4-9-16-21(19,20)13-7-5-12(6-8-13)14(18)15-10-11-17(2)3/h5-8,16H,4,9-11H2,1-3H3,(H,15,18). The lowest BCUT2D eigenvalue weighted by Gasteiger charge is -2.11. The number of benzene rings is 1. The minimum absolute atomic E-state index is 0.167. The Hall–Kier alpha value is -1.44. The predicted molar refractivity (Wildman–Crippen MR) is 82.8 cm³/mol. The normalized spacial score (nSPS) is 11.6. The van der Waals surface area contributed by atoms with Crippen molar-refractivity contribution in [1.29, 1.82) is 0 Å². The summed E-state index contributed by atoms with van der Waals surface area (Å²) < 4.78 is 26.3. The maximum Gasteiger partial charge on any atom is 0.251 e. The van der Waals surface area contributed by atoms with Crippen LogP contribution in [0.3, 0.4) is 0 Å². The summed E-state index contributed by atoms with van der Waals surface area (Å²) in [4.78, 5) is 14.0. The number of likely N-dealkylation sites (N-methyl/N-ethyl adjacent to an activating group) is 1. The van der Waals surface area contributed by atoms with Crippen molar-refractivity contribution < 1.29 is 13.2 Å².